The summed E-state index contributed by atoms with van der Waals surface area (Å²) in [4.78, 5) is 19.8. The largest absolute Gasteiger partial charge is 0.470 e. The third kappa shape index (κ3) is 9.23. The molecule has 1 unspecified atom stereocenters. The topological polar surface area (TPSA) is 89.7 Å². The minimum absolute atomic E-state index is 0.0725. The standard InChI is InChI=1S/C33H41ClN4O3/c1-4-36-19-29(35)14-12-26(18-31(39)40-22-24-9-6-5-7-10-24)25-13-15-30(34)28(17-25)21-38-20-27-11-8-16-37-32(27)41-33(2,3)23-38/h5-11,13,15-17,19,26,36H,4,12,14,18,20-23,35H2,1-3H3/b29-19-. The number of hydrogen-bond donors (Lipinski definition) is 2. The number of hydrogen-bond acceptors (Lipinski definition) is 7. The zero-order valence-electron chi connectivity index (χ0n) is 24.2. The van der Waals surface area contributed by atoms with Crippen LogP contribution in [0.1, 0.15) is 68.2 Å². The number of rotatable bonds is 12. The fourth-order valence-corrected chi connectivity index (χ4v) is 5.30. The van der Waals surface area contributed by atoms with Crippen LogP contribution in [0.3, 0.4) is 0 Å². The Morgan fingerprint density at radius 1 is 1.22 bits per heavy atom. The van der Waals surface area contributed by atoms with Crippen molar-refractivity contribution in [1.82, 2.24) is 15.2 Å². The number of benzene rings is 2. The fraction of sp³-hybridized carbons (Fsp3) is 0.394. The van der Waals surface area contributed by atoms with Crippen molar-refractivity contribution in [3.05, 3.63) is 106 Å². The molecular weight excluding hydrogens is 536 g/mol. The van der Waals surface area contributed by atoms with Gasteiger partial charge in [0, 0.05) is 54.9 Å². The van der Waals surface area contributed by atoms with Gasteiger partial charge in [-0.15, -0.1) is 0 Å². The van der Waals surface area contributed by atoms with E-state index in [0.717, 1.165) is 34.5 Å². The molecule has 218 valence electrons. The predicted octanol–water partition coefficient (Wildman–Crippen LogP) is 6.32. The van der Waals surface area contributed by atoms with Gasteiger partial charge in [-0.25, -0.2) is 4.98 Å². The molecule has 0 spiro atoms. The Bertz CT molecular complexity index is 1330. The molecule has 1 aromatic heterocycles. The second-order valence-electron chi connectivity index (χ2n) is 11.2. The van der Waals surface area contributed by atoms with Crippen molar-refractivity contribution in [3.63, 3.8) is 0 Å². The molecule has 7 nitrogen and oxygen atoms in total. The number of nitrogens with zero attached hydrogens (tertiary/aromatic N) is 2. The molecule has 1 aliphatic rings. The van der Waals surface area contributed by atoms with Gasteiger partial charge in [-0.05, 0) is 68.4 Å². The normalized spacial score (nSPS) is 15.8. The Kier molecular flexibility index (Phi) is 10.7. The molecule has 0 fully saturated rings. The van der Waals surface area contributed by atoms with Gasteiger partial charge in [0.05, 0.1) is 6.42 Å². The molecule has 2 aromatic carbocycles. The molecule has 3 aromatic rings. The van der Waals surface area contributed by atoms with E-state index < -0.39 is 5.60 Å². The minimum Gasteiger partial charge on any atom is -0.470 e. The van der Waals surface area contributed by atoms with Gasteiger partial charge in [0.1, 0.15) is 12.2 Å². The first-order valence-electron chi connectivity index (χ1n) is 14.2. The van der Waals surface area contributed by atoms with E-state index in [0.29, 0.717) is 43.4 Å². The van der Waals surface area contributed by atoms with E-state index in [4.69, 9.17) is 26.8 Å². The second kappa shape index (κ2) is 14.4. The summed E-state index contributed by atoms with van der Waals surface area (Å²) in [6.45, 7) is 9.28. The molecule has 2 heterocycles. The molecule has 3 N–H and O–H groups in total. The SMILES string of the molecule is CCN/C=C(\N)CCC(CC(=O)OCc1ccccc1)c1ccc(Cl)c(CN2Cc3cccnc3OC(C)(C)C2)c1. The van der Waals surface area contributed by atoms with Crippen molar-refractivity contribution >= 4 is 17.6 Å². The Balaban J connectivity index is 1.52. The van der Waals surface area contributed by atoms with E-state index in [1.54, 1.807) is 6.20 Å². The number of aromatic nitrogens is 1. The first-order valence-corrected chi connectivity index (χ1v) is 14.6. The van der Waals surface area contributed by atoms with Crippen LogP contribution in [-0.2, 0) is 29.2 Å². The van der Waals surface area contributed by atoms with Gasteiger partial charge < -0.3 is 20.5 Å². The first-order chi connectivity index (χ1) is 19.7. The predicted molar refractivity (Wildman–Crippen MR) is 163 cm³/mol. The Hall–Kier alpha value is -3.55. The van der Waals surface area contributed by atoms with Crippen LogP contribution in [0.4, 0.5) is 0 Å². The quantitative estimate of drug-likeness (QED) is 0.244. The highest BCUT2D eigenvalue weighted by Gasteiger charge is 2.30. The van der Waals surface area contributed by atoms with Crippen LogP contribution in [-0.4, -0.2) is 34.5 Å². The number of allylic oxidation sites excluding steroid dienone is 1. The van der Waals surface area contributed by atoms with Crippen molar-refractivity contribution in [1.29, 1.82) is 0 Å². The van der Waals surface area contributed by atoms with Gasteiger partial charge in [0.25, 0.3) is 0 Å². The summed E-state index contributed by atoms with van der Waals surface area (Å²) >= 11 is 6.74. The van der Waals surface area contributed by atoms with Gasteiger partial charge in [-0.2, -0.15) is 0 Å². The number of ether oxygens (including phenoxy) is 2. The lowest BCUT2D eigenvalue weighted by Gasteiger charge is -2.29. The molecule has 0 aliphatic carbocycles. The van der Waals surface area contributed by atoms with Gasteiger partial charge in [0.2, 0.25) is 5.88 Å². The monoisotopic (exact) mass is 576 g/mol. The average molecular weight is 577 g/mol. The highest BCUT2D eigenvalue weighted by atomic mass is 35.5. The van der Waals surface area contributed by atoms with Crippen molar-refractivity contribution in [3.8, 4) is 5.88 Å². The Morgan fingerprint density at radius 3 is 2.80 bits per heavy atom. The molecule has 0 saturated carbocycles. The Labute approximate surface area is 248 Å². The summed E-state index contributed by atoms with van der Waals surface area (Å²) in [7, 11) is 0. The second-order valence-corrected chi connectivity index (χ2v) is 11.6. The number of fused-ring (bicyclic) bond motifs is 1. The lowest BCUT2D eigenvalue weighted by Crippen LogP contribution is -2.40. The number of nitrogens with two attached hydrogens (primary N) is 1. The van der Waals surface area contributed by atoms with E-state index in [1.807, 2.05) is 61.7 Å². The maximum absolute atomic E-state index is 13.0. The average Bonchev–Trinajstić information content (AvgIpc) is 3.08. The zero-order valence-corrected chi connectivity index (χ0v) is 25.0. The van der Waals surface area contributed by atoms with Crippen molar-refractivity contribution in [2.75, 3.05) is 13.1 Å². The van der Waals surface area contributed by atoms with Crippen LogP contribution in [0, 0.1) is 0 Å². The van der Waals surface area contributed by atoms with Crippen LogP contribution < -0.4 is 15.8 Å². The number of pyridine rings is 1. The van der Waals surface area contributed by atoms with E-state index in [1.165, 1.54) is 0 Å². The third-order valence-electron chi connectivity index (χ3n) is 7.09. The summed E-state index contributed by atoms with van der Waals surface area (Å²) < 4.78 is 11.9. The molecular formula is C33H41ClN4O3. The summed E-state index contributed by atoms with van der Waals surface area (Å²) in [6, 6.07) is 19.8. The smallest absolute Gasteiger partial charge is 0.306 e. The lowest BCUT2D eigenvalue weighted by molar-refractivity contribution is -0.145. The molecule has 1 atom stereocenters. The van der Waals surface area contributed by atoms with Crippen LogP contribution >= 0.6 is 11.6 Å². The van der Waals surface area contributed by atoms with Gasteiger partial charge >= 0.3 is 5.97 Å². The van der Waals surface area contributed by atoms with Crippen LogP contribution in [0.15, 0.2) is 78.8 Å². The molecule has 0 bridgehead atoms. The van der Waals surface area contributed by atoms with E-state index in [-0.39, 0.29) is 24.9 Å². The van der Waals surface area contributed by atoms with Crippen molar-refractivity contribution < 1.29 is 14.3 Å². The summed E-state index contributed by atoms with van der Waals surface area (Å²) in [5.41, 5.74) is 10.7. The minimum atomic E-state index is -0.412. The van der Waals surface area contributed by atoms with Crippen LogP contribution in [0.5, 0.6) is 5.88 Å². The lowest BCUT2D eigenvalue weighted by atomic mass is 9.89. The molecule has 4 rings (SSSR count). The van der Waals surface area contributed by atoms with Crippen molar-refractivity contribution in [2.45, 2.75) is 71.2 Å². The maximum Gasteiger partial charge on any atom is 0.306 e. The molecule has 1 aliphatic heterocycles. The van der Waals surface area contributed by atoms with Gasteiger partial charge in [-0.1, -0.05) is 60.1 Å². The summed E-state index contributed by atoms with van der Waals surface area (Å²) in [6.07, 6.45) is 5.22. The summed E-state index contributed by atoms with van der Waals surface area (Å²) in [5.74, 6) is 0.369. The molecule has 0 saturated heterocycles. The van der Waals surface area contributed by atoms with Crippen LogP contribution in [0.2, 0.25) is 5.02 Å². The van der Waals surface area contributed by atoms with Crippen LogP contribution in [0.25, 0.3) is 0 Å². The molecule has 41 heavy (non-hydrogen) atoms. The van der Waals surface area contributed by atoms with Gasteiger partial charge in [0.15, 0.2) is 0 Å². The van der Waals surface area contributed by atoms with E-state index >= 15 is 0 Å². The number of carbonyl (C=O) groups excluding carboxylic acids is 1. The number of nitrogens with one attached hydrogen (secondary N) is 1. The maximum atomic E-state index is 13.0. The van der Waals surface area contributed by atoms with E-state index in [9.17, 15) is 4.79 Å². The van der Waals surface area contributed by atoms with Gasteiger partial charge in [-0.3, -0.25) is 9.69 Å². The Morgan fingerprint density at radius 2 is 2.02 bits per heavy atom. The number of carbonyl (C=O) groups is 1. The highest BCUT2D eigenvalue weighted by Crippen LogP contribution is 2.33. The number of halogens is 1. The van der Waals surface area contributed by atoms with Crippen molar-refractivity contribution in [2.24, 2.45) is 5.73 Å². The summed E-state index contributed by atoms with van der Waals surface area (Å²) in [5, 5.41) is 3.85. The molecule has 8 heteroatoms. The first kappa shape index (κ1) is 30.4. The third-order valence-corrected chi connectivity index (χ3v) is 7.45. The zero-order chi connectivity index (χ0) is 29.2. The number of esters is 1. The fourth-order valence-electron chi connectivity index (χ4n) is 5.12. The highest BCUT2D eigenvalue weighted by molar-refractivity contribution is 6.31. The molecule has 0 amide bonds. The van der Waals surface area contributed by atoms with E-state index in [2.05, 4.69) is 41.2 Å². The molecule has 0 radical (unpaired) electrons.